The highest BCUT2D eigenvalue weighted by molar-refractivity contribution is 6.33. The minimum Gasteiger partial charge on any atom is -0.398 e. The lowest BCUT2D eigenvalue weighted by Crippen LogP contribution is -2.45. The summed E-state index contributed by atoms with van der Waals surface area (Å²) in [4.78, 5) is 14.1. The average molecular weight is 269 g/mol. The van der Waals surface area contributed by atoms with Gasteiger partial charge in [-0.15, -0.1) is 0 Å². The molecular formula is C13H17ClN2O2. The highest BCUT2D eigenvalue weighted by atomic mass is 35.5. The number of hydrogen-bond acceptors (Lipinski definition) is 3. The van der Waals surface area contributed by atoms with Crippen molar-refractivity contribution in [1.29, 1.82) is 0 Å². The first-order chi connectivity index (χ1) is 8.63. The molecule has 5 heteroatoms. The van der Waals surface area contributed by atoms with E-state index in [1.54, 1.807) is 23.1 Å². The molecule has 1 amide bonds. The molecule has 0 aliphatic carbocycles. The maximum Gasteiger partial charge on any atom is 0.254 e. The van der Waals surface area contributed by atoms with Gasteiger partial charge >= 0.3 is 0 Å². The normalized spacial score (nSPS) is 19.9. The van der Waals surface area contributed by atoms with E-state index in [1.165, 1.54) is 0 Å². The number of anilines is 1. The van der Waals surface area contributed by atoms with Crippen molar-refractivity contribution in [2.24, 2.45) is 0 Å². The van der Waals surface area contributed by atoms with Gasteiger partial charge in [0.05, 0.1) is 23.4 Å². The Bertz CT molecular complexity index is 451. The summed E-state index contributed by atoms with van der Waals surface area (Å²) < 4.78 is 0. The zero-order valence-electron chi connectivity index (χ0n) is 10.1. The molecule has 4 nitrogen and oxygen atoms in total. The van der Waals surface area contributed by atoms with Crippen molar-refractivity contribution >= 4 is 23.2 Å². The number of likely N-dealkylation sites (tertiary alicyclic amines) is 1. The van der Waals surface area contributed by atoms with Crippen molar-refractivity contribution in [3.8, 4) is 0 Å². The Balaban J connectivity index is 2.21. The number of benzene rings is 1. The number of piperidine rings is 1. The van der Waals surface area contributed by atoms with Gasteiger partial charge in [-0.05, 0) is 37.5 Å². The van der Waals surface area contributed by atoms with Gasteiger partial charge in [0.2, 0.25) is 0 Å². The third-order valence-corrected chi connectivity index (χ3v) is 3.69. The molecule has 0 spiro atoms. The largest absolute Gasteiger partial charge is 0.398 e. The second kappa shape index (κ2) is 5.59. The van der Waals surface area contributed by atoms with Gasteiger partial charge < -0.3 is 15.7 Å². The highest BCUT2D eigenvalue weighted by Crippen LogP contribution is 2.23. The molecule has 1 fully saturated rings. The molecule has 18 heavy (non-hydrogen) atoms. The highest BCUT2D eigenvalue weighted by Gasteiger charge is 2.26. The second-order valence-electron chi connectivity index (χ2n) is 4.57. The van der Waals surface area contributed by atoms with Gasteiger partial charge in [-0.1, -0.05) is 11.6 Å². The number of hydrogen-bond donors (Lipinski definition) is 2. The van der Waals surface area contributed by atoms with E-state index in [0.717, 1.165) is 19.3 Å². The molecule has 1 atom stereocenters. The summed E-state index contributed by atoms with van der Waals surface area (Å²) in [5.41, 5.74) is 6.63. The SMILES string of the molecule is Nc1cc(C(=O)N2CCCCC2CO)ccc1Cl. The van der Waals surface area contributed by atoms with E-state index in [0.29, 0.717) is 22.8 Å². The minimum absolute atomic E-state index is 0.00874. The van der Waals surface area contributed by atoms with Crippen molar-refractivity contribution in [3.05, 3.63) is 28.8 Å². The van der Waals surface area contributed by atoms with Gasteiger partial charge in [0, 0.05) is 12.1 Å². The first-order valence-electron chi connectivity index (χ1n) is 6.10. The molecular weight excluding hydrogens is 252 g/mol. The van der Waals surface area contributed by atoms with Crippen LogP contribution in [0.5, 0.6) is 0 Å². The topological polar surface area (TPSA) is 66.6 Å². The Morgan fingerprint density at radius 1 is 1.50 bits per heavy atom. The molecule has 3 N–H and O–H groups in total. The summed E-state index contributed by atoms with van der Waals surface area (Å²) in [5, 5.41) is 9.76. The zero-order valence-corrected chi connectivity index (χ0v) is 10.9. The molecule has 0 radical (unpaired) electrons. The van der Waals surface area contributed by atoms with Crippen LogP contribution in [0.1, 0.15) is 29.6 Å². The van der Waals surface area contributed by atoms with Crippen LogP contribution in [0.2, 0.25) is 5.02 Å². The zero-order chi connectivity index (χ0) is 13.1. The molecule has 1 unspecified atom stereocenters. The molecule has 1 aliphatic heterocycles. The fourth-order valence-corrected chi connectivity index (χ4v) is 2.42. The summed E-state index contributed by atoms with van der Waals surface area (Å²) in [7, 11) is 0. The maximum absolute atomic E-state index is 12.3. The molecule has 1 saturated heterocycles. The average Bonchev–Trinajstić information content (AvgIpc) is 2.41. The lowest BCUT2D eigenvalue weighted by atomic mass is 10.0. The van der Waals surface area contributed by atoms with Crippen LogP contribution < -0.4 is 5.73 Å². The van der Waals surface area contributed by atoms with E-state index in [4.69, 9.17) is 17.3 Å². The summed E-state index contributed by atoms with van der Waals surface area (Å²) in [6.45, 7) is 0.696. The maximum atomic E-state index is 12.3. The van der Waals surface area contributed by atoms with Gasteiger partial charge in [-0.3, -0.25) is 4.79 Å². The van der Waals surface area contributed by atoms with Crippen LogP contribution in [0.25, 0.3) is 0 Å². The molecule has 98 valence electrons. The molecule has 0 aromatic heterocycles. The number of nitrogens with zero attached hydrogens (tertiary/aromatic N) is 1. The summed E-state index contributed by atoms with van der Waals surface area (Å²) in [5.74, 6) is -0.0860. The van der Waals surface area contributed by atoms with Gasteiger partial charge in [0.25, 0.3) is 5.91 Å². The number of amides is 1. The number of aliphatic hydroxyl groups excluding tert-OH is 1. The third kappa shape index (κ3) is 2.60. The first kappa shape index (κ1) is 13.2. The van der Waals surface area contributed by atoms with E-state index in [9.17, 15) is 9.90 Å². The van der Waals surface area contributed by atoms with Crippen LogP contribution in [-0.4, -0.2) is 35.1 Å². The molecule has 1 heterocycles. The predicted molar refractivity (Wildman–Crippen MR) is 71.6 cm³/mol. The first-order valence-corrected chi connectivity index (χ1v) is 6.48. The minimum atomic E-state index is -0.0860. The summed E-state index contributed by atoms with van der Waals surface area (Å²) >= 11 is 5.84. The van der Waals surface area contributed by atoms with Crippen LogP contribution >= 0.6 is 11.6 Å². The lowest BCUT2D eigenvalue weighted by molar-refractivity contribution is 0.0503. The van der Waals surface area contributed by atoms with Crippen molar-refractivity contribution in [1.82, 2.24) is 4.90 Å². The van der Waals surface area contributed by atoms with Gasteiger partial charge in [-0.2, -0.15) is 0 Å². The van der Waals surface area contributed by atoms with E-state index < -0.39 is 0 Å². The lowest BCUT2D eigenvalue weighted by Gasteiger charge is -2.34. The van der Waals surface area contributed by atoms with Crippen LogP contribution in [0.15, 0.2) is 18.2 Å². The predicted octanol–water partition coefficient (Wildman–Crippen LogP) is 1.91. The number of rotatable bonds is 2. The van der Waals surface area contributed by atoms with Crippen LogP contribution in [0.4, 0.5) is 5.69 Å². The Morgan fingerprint density at radius 3 is 2.94 bits per heavy atom. The number of aliphatic hydroxyl groups is 1. The van der Waals surface area contributed by atoms with E-state index >= 15 is 0 Å². The van der Waals surface area contributed by atoms with Crippen LogP contribution in [0.3, 0.4) is 0 Å². The van der Waals surface area contributed by atoms with E-state index in [2.05, 4.69) is 0 Å². The van der Waals surface area contributed by atoms with E-state index in [1.807, 2.05) is 0 Å². The number of carbonyl (C=O) groups excluding carboxylic acids is 1. The summed E-state index contributed by atoms with van der Waals surface area (Å²) in [6.07, 6.45) is 2.88. The number of halogens is 1. The molecule has 2 rings (SSSR count). The molecule has 1 aliphatic rings. The van der Waals surface area contributed by atoms with Crippen molar-refractivity contribution in [2.75, 3.05) is 18.9 Å². The van der Waals surface area contributed by atoms with Crippen molar-refractivity contribution in [3.63, 3.8) is 0 Å². The van der Waals surface area contributed by atoms with Crippen LogP contribution in [-0.2, 0) is 0 Å². The number of carbonyl (C=O) groups is 1. The Kier molecular flexibility index (Phi) is 4.09. The number of nitrogens with two attached hydrogens (primary N) is 1. The van der Waals surface area contributed by atoms with Crippen LogP contribution in [0, 0.1) is 0 Å². The fourth-order valence-electron chi connectivity index (χ4n) is 2.30. The summed E-state index contributed by atoms with van der Waals surface area (Å²) in [6, 6.07) is 4.81. The monoisotopic (exact) mass is 268 g/mol. The molecule has 0 bridgehead atoms. The van der Waals surface area contributed by atoms with Gasteiger partial charge in [0.15, 0.2) is 0 Å². The molecule has 1 aromatic rings. The molecule has 0 saturated carbocycles. The fraction of sp³-hybridized carbons (Fsp3) is 0.462. The number of nitrogen functional groups attached to an aromatic ring is 1. The Labute approximate surface area is 111 Å². The smallest absolute Gasteiger partial charge is 0.254 e. The quantitative estimate of drug-likeness (QED) is 0.805. The third-order valence-electron chi connectivity index (χ3n) is 3.34. The molecule has 1 aromatic carbocycles. The van der Waals surface area contributed by atoms with Crippen molar-refractivity contribution in [2.45, 2.75) is 25.3 Å². The van der Waals surface area contributed by atoms with Gasteiger partial charge in [-0.25, -0.2) is 0 Å². The standard InChI is InChI=1S/C13H17ClN2O2/c14-11-5-4-9(7-12(11)15)13(18)16-6-2-1-3-10(16)8-17/h4-5,7,10,17H,1-3,6,8,15H2. The second-order valence-corrected chi connectivity index (χ2v) is 4.97. The van der Waals surface area contributed by atoms with Crippen molar-refractivity contribution < 1.29 is 9.90 Å². The van der Waals surface area contributed by atoms with Gasteiger partial charge in [0.1, 0.15) is 0 Å². The Morgan fingerprint density at radius 2 is 2.28 bits per heavy atom. The Hall–Kier alpha value is -1.26. The van der Waals surface area contributed by atoms with E-state index in [-0.39, 0.29) is 18.6 Å².